The minimum atomic E-state index is -0.162. The van der Waals surface area contributed by atoms with E-state index in [1.54, 1.807) is 4.90 Å². The van der Waals surface area contributed by atoms with Gasteiger partial charge in [0.05, 0.1) is 17.1 Å². The standard InChI is InChI=1S/C24H30Cl2N4O2/c1-14-11-15(2)27-23(31)19(14)13-30-6-5-17-20(25)12-18(22(26)21(17)24(30)32)16(3)29-9-7-28(4)8-10-29/h11-12,16H,5-10,13H2,1-4H3,(H,27,31). The molecule has 1 aromatic heterocycles. The van der Waals surface area contributed by atoms with Gasteiger partial charge in [0.2, 0.25) is 0 Å². The number of hydrogen-bond donors (Lipinski definition) is 1. The molecular weight excluding hydrogens is 447 g/mol. The number of fused-ring (bicyclic) bond motifs is 1. The molecule has 1 amide bonds. The Balaban J connectivity index is 1.66. The summed E-state index contributed by atoms with van der Waals surface area (Å²) < 4.78 is 0. The van der Waals surface area contributed by atoms with Gasteiger partial charge in [-0.3, -0.25) is 14.5 Å². The van der Waals surface area contributed by atoms with Crippen molar-refractivity contribution in [2.45, 2.75) is 39.8 Å². The van der Waals surface area contributed by atoms with Crippen LogP contribution >= 0.6 is 23.2 Å². The Morgan fingerprint density at radius 3 is 2.41 bits per heavy atom. The number of carbonyl (C=O) groups excluding carboxylic acids is 1. The number of aromatic nitrogens is 1. The number of rotatable bonds is 4. The van der Waals surface area contributed by atoms with E-state index in [2.05, 4.69) is 28.8 Å². The predicted octanol–water partition coefficient (Wildman–Crippen LogP) is 3.81. The van der Waals surface area contributed by atoms with Gasteiger partial charge in [0.25, 0.3) is 11.5 Å². The molecule has 0 spiro atoms. The molecule has 2 aliphatic heterocycles. The van der Waals surface area contributed by atoms with E-state index >= 15 is 0 Å². The molecule has 0 saturated carbocycles. The Bertz CT molecular complexity index is 1110. The van der Waals surface area contributed by atoms with E-state index in [0.29, 0.717) is 34.1 Å². The molecule has 8 heteroatoms. The number of pyridine rings is 1. The first-order valence-electron chi connectivity index (χ1n) is 11.1. The number of nitrogens with one attached hydrogen (secondary N) is 1. The molecule has 172 valence electrons. The summed E-state index contributed by atoms with van der Waals surface area (Å²) in [6.07, 6.45) is 0.617. The van der Waals surface area contributed by atoms with Gasteiger partial charge >= 0.3 is 0 Å². The van der Waals surface area contributed by atoms with Crippen molar-refractivity contribution in [3.63, 3.8) is 0 Å². The lowest BCUT2D eigenvalue weighted by atomic mass is 9.93. The smallest absolute Gasteiger partial charge is 0.256 e. The lowest BCUT2D eigenvalue weighted by Gasteiger charge is -2.38. The topological polar surface area (TPSA) is 59.6 Å². The maximum atomic E-state index is 13.5. The van der Waals surface area contributed by atoms with Crippen LogP contribution in [0.15, 0.2) is 16.9 Å². The van der Waals surface area contributed by atoms with Crippen LogP contribution in [0.3, 0.4) is 0 Å². The fourth-order valence-corrected chi connectivity index (χ4v) is 5.50. The SMILES string of the molecule is Cc1cc(C)c(CN2CCc3c(Cl)cc(C(C)N4CCN(C)CC4)c(Cl)c3C2=O)c(=O)[nH]1. The van der Waals surface area contributed by atoms with E-state index in [4.69, 9.17) is 23.2 Å². The van der Waals surface area contributed by atoms with Crippen LogP contribution in [0.4, 0.5) is 0 Å². The quantitative estimate of drug-likeness (QED) is 0.728. The van der Waals surface area contributed by atoms with Gasteiger partial charge in [-0.15, -0.1) is 0 Å². The van der Waals surface area contributed by atoms with Gasteiger partial charge in [-0.25, -0.2) is 0 Å². The number of likely N-dealkylation sites (N-methyl/N-ethyl adjacent to an activating group) is 1. The molecule has 6 nitrogen and oxygen atoms in total. The molecule has 0 aliphatic carbocycles. The van der Waals surface area contributed by atoms with Crippen LogP contribution in [0.5, 0.6) is 0 Å². The molecule has 1 fully saturated rings. The second-order valence-corrected chi connectivity index (χ2v) is 9.84. The summed E-state index contributed by atoms with van der Waals surface area (Å²) in [6.45, 7) is 10.5. The second kappa shape index (κ2) is 9.18. The Labute approximate surface area is 199 Å². The minimum Gasteiger partial charge on any atom is -0.334 e. The number of hydrogen-bond acceptors (Lipinski definition) is 4. The molecule has 4 rings (SSSR count). The van der Waals surface area contributed by atoms with Crippen LogP contribution in [0.1, 0.15) is 51.3 Å². The molecule has 1 unspecified atom stereocenters. The molecule has 3 heterocycles. The third kappa shape index (κ3) is 4.34. The molecule has 0 bridgehead atoms. The van der Waals surface area contributed by atoms with Gasteiger partial charge in [-0.1, -0.05) is 23.2 Å². The van der Waals surface area contributed by atoms with Gasteiger partial charge in [0.1, 0.15) is 0 Å². The summed E-state index contributed by atoms with van der Waals surface area (Å²) in [5.74, 6) is -0.162. The van der Waals surface area contributed by atoms with Crippen molar-refractivity contribution < 1.29 is 4.79 Å². The van der Waals surface area contributed by atoms with Crippen molar-refractivity contribution in [1.29, 1.82) is 0 Å². The van der Waals surface area contributed by atoms with Crippen LogP contribution < -0.4 is 5.56 Å². The molecule has 1 atom stereocenters. The summed E-state index contributed by atoms with van der Waals surface area (Å²) in [5.41, 5.74) is 4.33. The van der Waals surface area contributed by atoms with Crippen LogP contribution in [0.25, 0.3) is 0 Å². The Hall–Kier alpha value is -1.86. The van der Waals surface area contributed by atoms with E-state index in [9.17, 15) is 9.59 Å². The second-order valence-electron chi connectivity index (χ2n) is 9.05. The first-order valence-corrected chi connectivity index (χ1v) is 11.8. The number of nitrogens with zero attached hydrogens (tertiary/aromatic N) is 3. The van der Waals surface area contributed by atoms with E-state index in [1.807, 2.05) is 26.0 Å². The predicted molar refractivity (Wildman–Crippen MR) is 129 cm³/mol. The third-order valence-electron chi connectivity index (χ3n) is 6.86. The average molecular weight is 477 g/mol. The zero-order valence-electron chi connectivity index (χ0n) is 19.1. The van der Waals surface area contributed by atoms with Crippen LogP contribution in [-0.2, 0) is 13.0 Å². The fraction of sp³-hybridized carbons (Fsp3) is 0.500. The summed E-state index contributed by atoms with van der Waals surface area (Å²) in [6, 6.07) is 3.92. The van der Waals surface area contributed by atoms with Gasteiger partial charge in [0.15, 0.2) is 0 Å². The van der Waals surface area contributed by atoms with E-state index in [0.717, 1.165) is 48.6 Å². The number of aromatic amines is 1. The summed E-state index contributed by atoms with van der Waals surface area (Å²) in [4.78, 5) is 35.3. The number of aryl methyl sites for hydroxylation is 2. The first-order chi connectivity index (χ1) is 15.2. The van der Waals surface area contributed by atoms with Crippen LogP contribution in [-0.4, -0.2) is 65.4 Å². The fourth-order valence-electron chi connectivity index (χ4n) is 4.79. The van der Waals surface area contributed by atoms with E-state index < -0.39 is 0 Å². The van der Waals surface area contributed by atoms with E-state index in [1.165, 1.54) is 0 Å². The highest BCUT2D eigenvalue weighted by molar-refractivity contribution is 6.37. The van der Waals surface area contributed by atoms with Gasteiger partial charge in [-0.2, -0.15) is 0 Å². The molecule has 1 aromatic carbocycles. The van der Waals surface area contributed by atoms with Crippen molar-refractivity contribution in [3.05, 3.63) is 66.0 Å². The Morgan fingerprint density at radius 2 is 1.75 bits per heavy atom. The van der Waals surface area contributed by atoms with Crippen molar-refractivity contribution >= 4 is 29.1 Å². The van der Waals surface area contributed by atoms with Crippen molar-refractivity contribution in [1.82, 2.24) is 19.7 Å². The highest BCUT2D eigenvalue weighted by atomic mass is 35.5. The van der Waals surface area contributed by atoms with Gasteiger partial charge in [0, 0.05) is 55.0 Å². The number of H-pyrrole nitrogens is 1. The molecule has 1 N–H and O–H groups in total. The summed E-state index contributed by atoms with van der Waals surface area (Å²) in [7, 11) is 2.12. The normalized spacial score (nSPS) is 18.7. The van der Waals surface area contributed by atoms with Crippen molar-refractivity contribution in [3.8, 4) is 0 Å². The summed E-state index contributed by atoms with van der Waals surface area (Å²) in [5, 5.41) is 1.08. The lowest BCUT2D eigenvalue weighted by molar-refractivity contribution is 0.0725. The number of carbonyl (C=O) groups is 1. The number of amides is 1. The number of halogens is 2. The highest BCUT2D eigenvalue weighted by Gasteiger charge is 2.33. The first kappa shape index (κ1) is 23.3. The maximum absolute atomic E-state index is 13.5. The largest absolute Gasteiger partial charge is 0.334 e. The van der Waals surface area contributed by atoms with Crippen LogP contribution in [0, 0.1) is 13.8 Å². The molecule has 1 saturated heterocycles. The minimum absolute atomic E-state index is 0.0596. The Morgan fingerprint density at radius 1 is 1.06 bits per heavy atom. The molecule has 2 aliphatic rings. The zero-order valence-corrected chi connectivity index (χ0v) is 20.6. The molecule has 32 heavy (non-hydrogen) atoms. The van der Waals surface area contributed by atoms with Crippen molar-refractivity contribution in [2.24, 2.45) is 0 Å². The van der Waals surface area contributed by atoms with E-state index in [-0.39, 0.29) is 24.1 Å². The number of piperazine rings is 1. The van der Waals surface area contributed by atoms with Crippen LogP contribution in [0.2, 0.25) is 10.0 Å². The zero-order chi connectivity index (χ0) is 23.2. The monoisotopic (exact) mass is 476 g/mol. The molecule has 0 radical (unpaired) electrons. The average Bonchev–Trinajstić information content (AvgIpc) is 2.74. The number of benzene rings is 1. The van der Waals surface area contributed by atoms with Gasteiger partial charge in [-0.05, 0) is 63.1 Å². The third-order valence-corrected chi connectivity index (χ3v) is 7.60. The lowest BCUT2D eigenvalue weighted by Crippen LogP contribution is -2.45. The molecule has 2 aromatic rings. The van der Waals surface area contributed by atoms with Gasteiger partial charge < -0.3 is 14.8 Å². The Kier molecular flexibility index (Phi) is 6.68. The highest BCUT2D eigenvalue weighted by Crippen LogP contribution is 2.39. The molecular formula is C24H30Cl2N4O2. The van der Waals surface area contributed by atoms with Crippen molar-refractivity contribution in [2.75, 3.05) is 39.8 Å². The maximum Gasteiger partial charge on any atom is 0.256 e. The summed E-state index contributed by atoms with van der Waals surface area (Å²) >= 11 is 13.5.